The van der Waals surface area contributed by atoms with Gasteiger partial charge in [0.2, 0.25) is 0 Å². The highest BCUT2D eigenvalue weighted by atomic mass is 32.1. The van der Waals surface area contributed by atoms with E-state index >= 15 is 0 Å². The van der Waals surface area contributed by atoms with Gasteiger partial charge in [0.05, 0.1) is 5.52 Å². The third kappa shape index (κ3) is 3.99. The summed E-state index contributed by atoms with van der Waals surface area (Å²) in [4.78, 5) is 39.0. The fourth-order valence-electron chi connectivity index (χ4n) is 3.40. The lowest BCUT2D eigenvalue weighted by molar-refractivity contribution is 0.0962. The van der Waals surface area contributed by atoms with Crippen LogP contribution in [0.5, 0.6) is 0 Å². The van der Waals surface area contributed by atoms with Crippen molar-refractivity contribution in [3.05, 3.63) is 49.9 Å². The number of aryl methyl sites for hydroxylation is 1. The number of carbonyl (C=O) groups is 1. The van der Waals surface area contributed by atoms with Gasteiger partial charge in [-0.1, -0.05) is 0 Å². The summed E-state index contributed by atoms with van der Waals surface area (Å²) >= 11 is 1.33. The van der Waals surface area contributed by atoms with Crippen LogP contribution in [0.1, 0.15) is 21.1 Å². The van der Waals surface area contributed by atoms with E-state index in [0.717, 1.165) is 37.6 Å². The molecule has 1 aliphatic heterocycles. The molecule has 1 fully saturated rings. The number of rotatable bonds is 4. The Hall–Kier alpha value is -2.85. The Bertz CT molecular complexity index is 1120. The van der Waals surface area contributed by atoms with Gasteiger partial charge in [0.25, 0.3) is 11.5 Å². The Morgan fingerprint density at radius 2 is 2.03 bits per heavy atom. The summed E-state index contributed by atoms with van der Waals surface area (Å²) in [5.41, 5.74) is 1.34. The molecular formula is C19H21FN6O2S. The molecular weight excluding hydrogens is 395 g/mol. The average molecular weight is 416 g/mol. The number of thiazole rings is 1. The molecule has 1 aliphatic rings. The van der Waals surface area contributed by atoms with Crippen LogP contribution < -0.4 is 15.8 Å². The minimum Gasteiger partial charge on any atom is -0.353 e. The zero-order valence-corrected chi connectivity index (χ0v) is 17.0. The molecule has 152 valence electrons. The molecule has 29 heavy (non-hydrogen) atoms. The Morgan fingerprint density at radius 1 is 1.28 bits per heavy atom. The van der Waals surface area contributed by atoms with Crippen LogP contribution in [-0.4, -0.2) is 59.0 Å². The van der Waals surface area contributed by atoms with Crippen LogP contribution in [0.4, 0.5) is 10.2 Å². The second kappa shape index (κ2) is 7.88. The molecule has 4 rings (SSSR count). The van der Waals surface area contributed by atoms with E-state index < -0.39 is 5.82 Å². The van der Waals surface area contributed by atoms with Crippen molar-refractivity contribution in [2.45, 2.75) is 13.5 Å². The van der Waals surface area contributed by atoms with Gasteiger partial charge in [-0.2, -0.15) is 0 Å². The van der Waals surface area contributed by atoms with Crippen molar-refractivity contribution >= 4 is 34.1 Å². The number of nitrogens with one attached hydrogen (secondary N) is 2. The van der Waals surface area contributed by atoms with Crippen LogP contribution in [0, 0.1) is 12.7 Å². The highest BCUT2D eigenvalue weighted by Crippen LogP contribution is 2.22. The van der Waals surface area contributed by atoms with E-state index in [9.17, 15) is 14.0 Å². The maximum absolute atomic E-state index is 14.4. The third-order valence-electron chi connectivity index (χ3n) is 5.00. The maximum atomic E-state index is 14.4. The largest absolute Gasteiger partial charge is 0.353 e. The highest BCUT2D eigenvalue weighted by molar-refractivity contribution is 7.12. The summed E-state index contributed by atoms with van der Waals surface area (Å²) in [5, 5.41) is 4.93. The quantitative estimate of drug-likeness (QED) is 0.670. The molecule has 8 nitrogen and oxygen atoms in total. The molecule has 2 aromatic heterocycles. The van der Waals surface area contributed by atoms with Crippen LogP contribution in [-0.2, 0) is 6.54 Å². The highest BCUT2D eigenvalue weighted by Gasteiger charge is 2.21. The first kappa shape index (κ1) is 19.5. The van der Waals surface area contributed by atoms with Gasteiger partial charge in [0, 0.05) is 45.2 Å². The number of hydrogen-bond acceptors (Lipinski definition) is 7. The molecule has 1 amide bonds. The number of piperazine rings is 1. The van der Waals surface area contributed by atoms with Gasteiger partial charge in [-0.15, -0.1) is 11.3 Å². The van der Waals surface area contributed by atoms with Crippen LogP contribution in [0.3, 0.4) is 0 Å². The van der Waals surface area contributed by atoms with E-state index in [1.54, 1.807) is 20.0 Å². The molecule has 10 heteroatoms. The zero-order valence-electron chi connectivity index (χ0n) is 16.2. The number of hydrogen-bond donors (Lipinski definition) is 2. The normalized spacial score (nSPS) is 15.1. The molecule has 0 spiro atoms. The first-order chi connectivity index (χ1) is 13.9. The van der Waals surface area contributed by atoms with Crippen molar-refractivity contribution in [2.24, 2.45) is 0 Å². The van der Waals surface area contributed by atoms with Gasteiger partial charge >= 0.3 is 0 Å². The van der Waals surface area contributed by atoms with E-state index in [-0.39, 0.29) is 22.7 Å². The average Bonchev–Trinajstić information content (AvgIpc) is 3.20. The molecule has 2 N–H and O–H groups in total. The lowest BCUT2D eigenvalue weighted by atomic mass is 10.1. The maximum Gasteiger partial charge on any atom is 0.280 e. The SMILES string of the molecule is CNC(=O)c1nc(N2CCN(Cc3cc(F)c4nc(C)c(=O)[nH]c4c3)CC2)cs1. The van der Waals surface area contributed by atoms with Gasteiger partial charge in [-0.25, -0.2) is 14.4 Å². The molecule has 0 unspecified atom stereocenters. The Labute approximate surface area is 170 Å². The summed E-state index contributed by atoms with van der Waals surface area (Å²) in [7, 11) is 1.59. The summed E-state index contributed by atoms with van der Waals surface area (Å²) in [6.07, 6.45) is 0. The van der Waals surface area contributed by atoms with E-state index in [2.05, 4.69) is 30.1 Å². The molecule has 1 saturated heterocycles. The first-order valence-corrected chi connectivity index (χ1v) is 10.2. The molecule has 1 aromatic carbocycles. The lowest BCUT2D eigenvalue weighted by Gasteiger charge is -2.34. The predicted octanol–water partition coefficient (Wildman–Crippen LogP) is 1.51. The monoisotopic (exact) mass is 416 g/mol. The van der Waals surface area contributed by atoms with Crippen LogP contribution >= 0.6 is 11.3 Å². The van der Waals surface area contributed by atoms with Gasteiger partial charge < -0.3 is 15.2 Å². The van der Waals surface area contributed by atoms with Gasteiger partial charge in [-0.05, 0) is 24.6 Å². The number of amides is 1. The van der Waals surface area contributed by atoms with Crippen molar-refractivity contribution in [2.75, 3.05) is 38.1 Å². The number of anilines is 1. The molecule has 3 aromatic rings. The Balaban J connectivity index is 1.43. The number of carbonyl (C=O) groups excluding carboxylic acids is 1. The van der Waals surface area contributed by atoms with Crippen LogP contribution in [0.15, 0.2) is 22.3 Å². The summed E-state index contributed by atoms with van der Waals surface area (Å²) < 4.78 is 14.4. The first-order valence-electron chi connectivity index (χ1n) is 9.28. The lowest BCUT2D eigenvalue weighted by Crippen LogP contribution is -2.46. The topological polar surface area (TPSA) is 94.2 Å². The van der Waals surface area contributed by atoms with Crippen molar-refractivity contribution in [3.63, 3.8) is 0 Å². The predicted molar refractivity (Wildman–Crippen MR) is 110 cm³/mol. The van der Waals surface area contributed by atoms with Crippen molar-refractivity contribution in [1.82, 2.24) is 25.2 Å². The summed E-state index contributed by atoms with van der Waals surface area (Å²) in [5.74, 6) is 0.199. The molecule has 0 atom stereocenters. The standard InChI is InChI=1S/C19H21FN6O2S/c1-11-17(27)23-14-8-12(7-13(20)16(14)22-11)9-25-3-5-26(6-4-25)15-10-29-19(24-15)18(28)21-2/h7-8,10H,3-6,9H2,1-2H3,(H,21,28)(H,23,27). The number of H-pyrrole nitrogens is 1. The molecule has 0 radical (unpaired) electrons. The Morgan fingerprint density at radius 3 is 2.76 bits per heavy atom. The van der Waals surface area contributed by atoms with Crippen molar-refractivity contribution < 1.29 is 9.18 Å². The van der Waals surface area contributed by atoms with Crippen LogP contribution in [0.25, 0.3) is 11.0 Å². The second-order valence-electron chi connectivity index (χ2n) is 6.98. The number of fused-ring (bicyclic) bond motifs is 1. The summed E-state index contributed by atoms with van der Waals surface area (Å²) in [6, 6.07) is 3.27. The fourth-order valence-corrected chi connectivity index (χ4v) is 4.18. The van der Waals surface area contributed by atoms with Gasteiger partial charge in [-0.3, -0.25) is 14.5 Å². The van der Waals surface area contributed by atoms with Crippen LogP contribution in [0.2, 0.25) is 0 Å². The van der Waals surface area contributed by atoms with E-state index in [4.69, 9.17) is 0 Å². The summed E-state index contributed by atoms with van der Waals surface area (Å²) in [6.45, 7) is 5.25. The third-order valence-corrected chi connectivity index (χ3v) is 5.82. The number of aromatic amines is 1. The minimum atomic E-state index is -0.431. The van der Waals surface area contributed by atoms with E-state index in [0.29, 0.717) is 17.1 Å². The minimum absolute atomic E-state index is 0.180. The van der Waals surface area contributed by atoms with Gasteiger partial charge in [0.1, 0.15) is 17.0 Å². The molecule has 0 aliphatic carbocycles. The number of halogens is 1. The van der Waals surface area contributed by atoms with Crippen molar-refractivity contribution in [1.29, 1.82) is 0 Å². The van der Waals surface area contributed by atoms with E-state index in [1.807, 2.05) is 5.38 Å². The Kier molecular flexibility index (Phi) is 5.29. The van der Waals surface area contributed by atoms with Gasteiger partial charge in [0.15, 0.2) is 10.8 Å². The van der Waals surface area contributed by atoms with E-state index in [1.165, 1.54) is 17.4 Å². The molecule has 0 saturated carbocycles. The number of benzene rings is 1. The molecule has 3 heterocycles. The molecule has 0 bridgehead atoms. The zero-order chi connectivity index (χ0) is 20.5. The number of aromatic nitrogens is 3. The second-order valence-corrected chi connectivity index (χ2v) is 7.84. The number of nitrogens with zero attached hydrogens (tertiary/aromatic N) is 4. The smallest absolute Gasteiger partial charge is 0.280 e. The van der Waals surface area contributed by atoms with Crippen molar-refractivity contribution in [3.8, 4) is 0 Å². The fraction of sp³-hybridized carbons (Fsp3) is 0.368.